The molecule has 0 aromatic rings. The second kappa shape index (κ2) is 3.90. The fourth-order valence-electron chi connectivity index (χ4n) is 2.53. The molecule has 0 radical (unpaired) electrons. The Labute approximate surface area is 85.9 Å². The molecule has 5 heteroatoms. The van der Waals surface area contributed by atoms with Crippen LogP contribution >= 0.6 is 0 Å². The van der Waals surface area contributed by atoms with Crippen molar-refractivity contribution in [2.75, 3.05) is 21.3 Å². The van der Waals surface area contributed by atoms with Crippen molar-refractivity contribution in [3.63, 3.8) is 0 Å². The summed E-state index contributed by atoms with van der Waals surface area (Å²) >= 11 is 0. The zero-order valence-corrected chi connectivity index (χ0v) is 9.99. The molecule has 82 valence electrons. The highest BCUT2D eigenvalue weighted by Gasteiger charge is 2.60. The summed E-state index contributed by atoms with van der Waals surface area (Å²) in [5, 5.41) is 0. The first-order valence-corrected chi connectivity index (χ1v) is 6.88. The van der Waals surface area contributed by atoms with E-state index in [0.717, 1.165) is 6.42 Å². The van der Waals surface area contributed by atoms with Gasteiger partial charge in [0.05, 0.1) is 17.7 Å². The lowest BCUT2D eigenvalue weighted by atomic mass is 10.0. The number of fused-ring (bicyclic) bond motifs is 1. The fraction of sp³-hybridized carbons (Fsp3) is 1.00. The molecule has 14 heavy (non-hydrogen) atoms. The highest BCUT2D eigenvalue weighted by Crippen LogP contribution is 2.49. The van der Waals surface area contributed by atoms with Gasteiger partial charge in [0.25, 0.3) is 0 Å². The predicted molar refractivity (Wildman–Crippen MR) is 53.0 cm³/mol. The molecule has 1 saturated heterocycles. The maximum Gasteiger partial charge on any atom is 0.506 e. The molecule has 2 aliphatic rings. The van der Waals surface area contributed by atoms with Gasteiger partial charge in [0.15, 0.2) is 0 Å². The van der Waals surface area contributed by atoms with Crippen LogP contribution in [0.5, 0.6) is 0 Å². The topological polar surface area (TPSA) is 40.2 Å². The van der Waals surface area contributed by atoms with E-state index in [1.807, 2.05) is 0 Å². The minimum absolute atomic E-state index is 0.329. The van der Waals surface area contributed by atoms with Crippen LogP contribution in [0.3, 0.4) is 0 Å². The molecule has 3 unspecified atom stereocenters. The van der Waals surface area contributed by atoms with Crippen molar-refractivity contribution in [1.82, 2.24) is 0 Å². The van der Waals surface area contributed by atoms with Crippen LogP contribution in [0.25, 0.3) is 0 Å². The summed E-state index contributed by atoms with van der Waals surface area (Å²) in [6.07, 6.45) is 4.25. The quantitative estimate of drug-likeness (QED) is 0.525. The standard InChI is InChI=1S/C9H18O4Si/c1-10-14(11-2,12-3)8-6-4-5-7-9(8)13-7/h7-9H,4-6H2,1-3H3. The average Bonchev–Trinajstić information content (AvgIpc) is 3.01. The molecule has 1 aliphatic carbocycles. The molecule has 1 aliphatic heterocycles. The molecule has 2 fully saturated rings. The van der Waals surface area contributed by atoms with E-state index in [0.29, 0.717) is 17.7 Å². The summed E-state index contributed by atoms with van der Waals surface area (Å²) in [7, 11) is 2.55. The van der Waals surface area contributed by atoms with Crippen molar-refractivity contribution in [3.8, 4) is 0 Å². The third-order valence-corrected chi connectivity index (χ3v) is 6.56. The van der Waals surface area contributed by atoms with E-state index in [2.05, 4.69) is 0 Å². The van der Waals surface area contributed by atoms with Gasteiger partial charge in [-0.2, -0.15) is 0 Å². The van der Waals surface area contributed by atoms with Crippen LogP contribution in [0.4, 0.5) is 0 Å². The smallest absolute Gasteiger partial charge is 0.377 e. The molecule has 3 atom stereocenters. The average molecular weight is 218 g/mol. The summed E-state index contributed by atoms with van der Waals surface area (Å²) in [6.45, 7) is 0. The van der Waals surface area contributed by atoms with Crippen molar-refractivity contribution in [3.05, 3.63) is 0 Å². The van der Waals surface area contributed by atoms with Gasteiger partial charge in [-0.3, -0.25) is 0 Å². The van der Waals surface area contributed by atoms with Gasteiger partial charge in [-0.25, -0.2) is 0 Å². The molecule has 0 spiro atoms. The minimum atomic E-state index is -2.46. The third-order valence-electron chi connectivity index (χ3n) is 3.33. The normalized spacial score (nSPS) is 36.6. The second-order valence-corrected chi connectivity index (χ2v) is 7.07. The second-order valence-electron chi connectivity index (χ2n) is 3.89. The lowest BCUT2D eigenvalue weighted by molar-refractivity contribution is 0.103. The molecule has 0 N–H and O–H groups in total. The number of epoxide rings is 1. The molecule has 4 nitrogen and oxygen atoms in total. The molecule has 0 aromatic carbocycles. The Balaban J connectivity index is 2.09. The van der Waals surface area contributed by atoms with Crippen LogP contribution in [0.1, 0.15) is 19.3 Å². The molecular formula is C9H18O4Si. The van der Waals surface area contributed by atoms with Crippen molar-refractivity contribution in [1.29, 1.82) is 0 Å². The van der Waals surface area contributed by atoms with E-state index in [4.69, 9.17) is 18.0 Å². The van der Waals surface area contributed by atoms with Crippen molar-refractivity contribution >= 4 is 8.80 Å². The van der Waals surface area contributed by atoms with E-state index in [1.165, 1.54) is 12.8 Å². The third kappa shape index (κ3) is 1.53. The van der Waals surface area contributed by atoms with E-state index in [9.17, 15) is 0 Å². The van der Waals surface area contributed by atoms with Crippen LogP contribution in [0, 0.1) is 0 Å². The first kappa shape index (κ1) is 10.6. The molecule has 0 bridgehead atoms. The largest absolute Gasteiger partial charge is 0.506 e. The maximum atomic E-state index is 5.60. The first-order chi connectivity index (χ1) is 6.77. The summed E-state index contributed by atoms with van der Waals surface area (Å²) in [5.41, 5.74) is 0.334. The van der Waals surface area contributed by atoms with Gasteiger partial charge in [-0.15, -0.1) is 0 Å². The molecule has 0 aromatic heterocycles. The monoisotopic (exact) mass is 218 g/mol. The lowest BCUT2D eigenvalue weighted by Crippen LogP contribution is -2.50. The molecule has 1 heterocycles. The van der Waals surface area contributed by atoms with Crippen LogP contribution in [0.15, 0.2) is 0 Å². The number of hydrogen-bond acceptors (Lipinski definition) is 4. The summed E-state index contributed by atoms with van der Waals surface area (Å²) < 4.78 is 22.1. The van der Waals surface area contributed by atoms with Gasteiger partial charge in [-0.05, 0) is 12.8 Å². The van der Waals surface area contributed by atoms with Crippen LogP contribution in [-0.4, -0.2) is 42.3 Å². The van der Waals surface area contributed by atoms with Crippen molar-refractivity contribution < 1.29 is 18.0 Å². The van der Waals surface area contributed by atoms with Gasteiger partial charge >= 0.3 is 8.80 Å². The highest BCUT2D eigenvalue weighted by atomic mass is 28.4. The Morgan fingerprint density at radius 2 is 1.71 bits per heavy atom. The number of hydrogen-bond donors (Lipinski definition) is 0. The van der Waals surface area contributed by atoms with E-state index in [-0.39, 0.29) is 0 Å². The summed E-state index contributed by atoms with van der Waals surface area (Å²) in [5.74, 6) is 0. The van der Waals surface area contributed by atoms with Gasteiger partial charge in [-0.1, -0.05) is 6.42 Å². The Morgan fingerprint density at radius 3 is 2.29 bits per heavy atom. The zero-order chi connectivity index (χ0) is 10.2. The van der Waals surface area contributed by atoms with E-state index >= 15 is 0 Å². The Bertz CT molecular complexity index is 199. The Kier molecular flexibility index (Phi) is 2.95. The van der Waals surface area contributed by atoms with Crippen LogP contribution < -0.4 is 0 Å². The zero-order valence-electron chi connectivity index (χ0n) is 8.99. The van der Waals surface area contributed by atoms with Gasteiger partial charge < -0.3 is 18.0 Å². The molecule has 1 saturated carbocycles. The van der Waals surface area contributed by atoms with Crippen molar-refractivity contribution in [2.45, 2.75) is 37.0 Å². The Hall–Kier alpha value is 0.0569. The van der Waals surface area contributed by atoms with Gasteiger partial charge in [0, 0.05) is 21.3 Å². The summed E-state index contributed by atoms with van der Waals surface area (Å²) in [6, 6.07) is 0. The van der Waals surface area contributed by atoms with E-state index in [1.54, 1.807) is 21.3 Å². The molecule has 2 rings (SSSR count). The fourth-order valence-corrected chi connectivity index (χ4v) is 5.19. The van der Waals surface area contributed by atoms with Crippen LogP contribution in [-0.2, 0) is 18.0 Å². The maximum absolute atomic E-state index is 5.60. The first-order valence-electron chi connectivity index (χ1n) is 5.08. The lowest BCUT2D eigenvalue weighted by Gasteiger charge is -2.32. The van der Waals surface area contributed by atoms with Crippen molar-refractivity contribution in [2.24, 2.45) is 0 Å². The molecule has 0 amide bonds. The van der Waals surface area contributed by atoms with Gasteiger partial charge in [0.1, 0.15) is 0 Å². The number of ether oxygens (including phenoxy) is 1. The predicted octanol–water partition coefficient (Wildman–Crippen LogP) is 1.19. The summed E-state index contributed by atoms with van der Waals surface area (Å²) in [4.78, 5) is 0. The van der Waals surface area contributed by atoms with Crippen LogP contribution in [0.2, 0.25) is 5.54 Å². The SMILES string of the molecule is CO[Si](OC)(OC)C1CCCC2OC21. The Morgan fingerprint density at radius 1 is 1.07 bits per heavy atom. The number of rotatable bonds is 4. The van der Waals surface area contributed by atoms with Gasteiger partial charge in [0.2, 0.25) is 0 Å². The van der Waals surface area contributed by atoms with E-state index < -0.39 is 8.80 Å². The minimum Gasteiger partial charge on any atom is -0.377 e. The highest BCUT2D eigenvalue weighted by molar-refractivity contribution is 6.62. The molecular weight excluding hydrogens is 200 g/mol.